The lowest BCUT2D eigenvalue weighted by Crippen LogP contribution is -3.06. The van der Waals surface area contributed by atoms with E-state index in [0.717, 1.165) is 6.54 Å². The van der Waals surface area contributed by atoms with Gasteiger partial charge in [0.2, 0.25) is 5.75 Å². The molecule has 0 radical (unpaired) electrons. The zero-order valence-corrected chi connectivity index (χ0v) is 15.4. The average Bonchev–Trinajstić information content (AvgIpc) is 2.57. The molecule has 8 nitrogen and oxygen atoms in total. The van der Waals surface area contributed by atoms with Crippen molar-refractivity contribution in [2.24, 2.45) is 0 Å². The predicted molar refractivity (Wildman–Crippen MR) is 95.0 cm³/mol. The van der Waals surface area contributed by atoms with Crippen LogP contribution in [-0.4, -0.2) is 59.5 Å². The molecular formula is C15H25N4O4S+. The molecule has 0 aliphatic rings. The number of ether oxygens (including phenoxy) is 3. The minimum Gasteiger partial charge on any atom is -0.493 e. The average molecular weight is 357 g/mol. The monoisotopic (exact) mass is 357 g/mol. The summed E-state index contributed by atoms with van der Waals surface area (Å²) in [5, 5.41) is 3.34. The zero-order chi connectivity index (χ0) is 18.1. The van der Waals surface area contributed by atoms with Gasteiger partial charge in [-0.15, -0.1) is 0 Å². The molecule has 134 valence electrons. The topological polar surface area (TPSA) is 85.3 Å². The van der Waals surface area contributed by atoms with Crippen LogP contribution >= 0.6 is 12.2 Å². The molecule has 0 heterocycles. The summed E-state index contributed by atoms with van der Waals surface area (Å²) in [7, 11) is 8.57. The summed E-state index contributed by atoms with van der Waals surface area (Å²) in [6.45, 7) is 1.61. The van der Waals surface area contributed by atoms with E-state index in [2.05, 4.69) is 16.2 Å². The van der Waals surface area contributed by atoms with Crippen LogP contribution in [0.25, 0.3) is 0 Å². The highest BCUT2D eigenvalue weighted by molar-refractivity contribution is 7.80. The summed E-state index contributed by atoms with van der Waals surface area (Å²) < 4.78 is 15.7. The molecule has 4 N–H and O–H groups in total. The molecule has 0 aromatic heterocycles. The molecule has 0 aliphatic carbocycles. The van der Waals surface area contributed by atoms with Gasteiger partial charge in [0.25, 0.3) is 5.91 Å². The second-order valence-corrected chi connectivity index (χ2v) is 5.61. The van der Waals surface area contributed by atoms with E-state index in [9.17, 15) is 4.79 Å². The lowest BCUT2D eigenvalue weighted by Gasteiger charge is -2.15. The third-order valence-corrected chi connectivity index (χ3v) is 3.37. The van der Waals surface area contributed by atoms with Crippen molar-refractivity contribution in [3.63, 3.8) is 0 Å². The first-order chi connectivity index (χ1) is 11.4. The SMILES string of the molecule is COc1cc(C(=O)NNC(=S)NCC[NH+](C)C)cc(OC)c1OC. The van der Waals surface area contributed by atoms with Crippen molar-refractivity contribution in [3.8, 4) is 17.2 Å². The molecule has 1 amide bonds. The van der Waals surface area contributed by atoms with E-state index in [1.165, 1.54) is 26.2 Å². The second-order valence-electron chi connectivity index (χ2n) is 5.21. The first-order valence-electron chi connectivity index (χ1n) is 7.36. The van der Waals surface area contributed by atoms with Crippen LogP contribution in [-0.2, 0) is 0 Å². The maximum atomic E-state index is 12.3. The molecule has 0 saturated heterocycles. The Morgan fingerprint density at radius 1 is 1.08 bits per heavy atom. The first kappa shape index (κ1) is 19.8. The Labute approximate surface area is 147 Å². The van der Waals surface area contributed by atoms with Gasteiger partial charge in [0, 0.05) is 5.56 Å². The number of carbonyl (C=O) groups is 1. The maximum absolute atomic E-state index is 12.3. The summed E-state index contributed by atoms with van der Waals surface area (Å²) in [5.74, 6) is 0.845. The Morgan fingerprint density at radius 2 is 1.67 bits per heavy atom. The molecule has 1 rings (SSSR count). The van der Waals surface area contributed by atoms with Gasteiger partial charge >= 0.3 is 0 Å². The Hall–Kier alpha value is -2.26. The Balaban J connectivity index is 2.69. The van der Waals surface area contributed by atoms with Crippen molar-refractivity contribution in [3.05, 3.63) is 17.7 Å². The van der Waals surface area contributed by atoms with Crippen LogP contribution in [0.3, 0.4) is 0 Å². The number of rotatable bonds is 7. The Kier molecular flexibility index (Phi) is 8.07. The van der Waals surface area contributed by atoms with E-state index in [1.54, 1.807) is 12.1 Å². The summed E-state index contributed by atoms with van der Waals surface area (Å²) >= 11 is 5.10. The summed E-state index contributed by atoms with van der Waals surface area (Å²) in [5.41, 5.74) is 5.53. The number of amides is 1. The largest absolute Gasteiger partial charge is 0.493 e. The van der Waals surface area contributed by atoms with Gasteiger partial charge in [0.1, 0.15) is 0 Å². The van der Waals surface area contributed by atoms with E-state index in [1.807, 2.05) is 14.1 Å². The number of hydrogen-bond donors (Lipinski definition) is 4. The Bertz CT molecular complexity index is 556. The lowest BCUT2D eigenvalue weighted by atomic mass is 10.1. The second kappa shape index (κ2) is 9.78. The van der Waals surface area contributed by atoms with Crippen LogP contribution in [0.4, 0.5) is 0 Å². The van der Waals surface area contributed by atoms with Gasteiger partial charge in [-0.2, -0.15) is 0 Å². The number of benzene rings is 1. The predicted octanol–water partition coefficient (Wildman–Crippen LogP) is -1.03. The van der Waals surface area contributed by atoms with Crippen molar-refractivity contribution < 1.29 is 23.9 Å². The summed E-state index contributed by atoms with van der Waals surface area (Å²) in [6, 6.07) is 3.12. The van der Waals surface area contributed by atoms with Crippen molar-refractivity contribution >= 4 is 23.2 Å². The molecule has 9 heteroatoms. The third kappa shape index (κ3) is 5.74. The quantitative estimate of drug-likeness (QED) is 0.367. The first-order valence-corrected chi connectivity index (χ1v) is 7.77. The molecule has 0 fully saturated rings. The smallest absolute Gasteiger partial charge is 0.269 e. The van der Waals surface area contributed by atoms with E-state index in [0.29, 0.717) is 34.5 Å². The van der Waals surface area contributed by atoms with Crippen LogP contribution in [0.15, 0.2) is 12.1 Å². The van der Waals surface area contributed by atoms with Crippen molar-refractivity contribution in [2.75, 3.05) is 48.5 Å². The van der Waals surface area contributed by atoms with E-state index >= 15 is 0 Å². The van der Waals surface area contributed by atoms with Gasteiger partial charge in [-0.1, -0.05) is 0 Å². The van der Waals surface area contributed by atoms with E-state index < -0.39 is 0 Å². The Morgan fingerprint density at radius 3 is 2.12 bits per heavy atom. The normalized spacial score (nSPS) is 10.1. The number of carbonyl (C=O) groups excluding carboxylic acids is 1. The number of hydrazine groups is 1. The number of quaternary nitrogens is 1. The number of methoxy groups -OCH3 is 3. The van der Waals surface area contributed by atoms with Gasteiger partial charge in [0.05, 0.1) is 48.5 Å². The molecule has 0 atom stereocenters. The summed E-state index contributed by atoms with van der Waals surface area (Å²) in [4.78, 5) is 13.5. The fourth-order valence-corrected chi connectivity index (χ4v) is 2.02. The van der Waals surface area contributed by atoms with Gasteiger partial charge in [-0.3, -0.25) is 15.6 Å². The molecule has 0 saturated carbocycles. The fraction of sp³-hybridized carbons (Fsp3) is 0.467. The van der Waals surface area contributed by atoms with Crippen LogP contribution in [0.2, 0.25) is 0 Å². The number of likely N-dealkylation sites (N-methyl/N-ethyl adjacent to an activating group) is 1. The number of thiocarbonyl (C=S) groups is 1. The molecule has 1 aromatic carbocycles. The van der Waals surface area contributed by atoms with Gasteiger partial charge in [0.15, 0.2) is 16.6 Å². The van der Waals surface area contributed by atoms with Crippen molar-refractivity contribution in [2.45, 2.75) is 0 Å². The lowest BCUT2D eigenvalue weighted by molar-refractivity contribution is -0.856. The van der Waals surface area contributed by atoms with E-state index in [4.69, 9.17) is 26.4 Å². The molecule has 1 aromatic rings. The van der Waals surface area contributed by atoms with Crippen LogP contribution < -0.4 is 35.3 Å². The van der Waals surface area contributed by atoms with Crippen LogP contribution in [0.5, 0.6) is 17.2 Å². The van der Waals surface area contributed by atoms with E-state index in [-0.39, 0.29) is 5.91 Å². The molecule has 24 heavy (non-hydrogen) atoms. The highest BCUT2D eigenvalue weighted by Crippen LogP contribution is 2.38. The van der Waals surface area contributed by atoms with Crippen LogP contribution in [0.1, 0.15) is 10.4 Å². The highest BCUT2D eigenvalue weighted by Gasteiger charge is 2.17. The summed E-state index contributed by atoms with van der Waals surface area (Å²) in [6.07, 6.45) is 0. The molecule has 0 spiro atoms. The number of nitrogens with one attached hydrogen (secondary N) is 4. The number of hydrogen-bond acceptors (Lipinski definition) is 5. The van der Waals surface area contributed by atoms with Crippen LogP contribution in [0, 0.1) is 0 Å². The zero-order valence-electron chi connectivity index (χ0n) is 14.6. The standard InChI is InChI=1S/C15H24N4O4S/c1-19(2)7-6-16-15(24)18-17-14(20)10-8-11(21-3)13(23-5)12(9-10)22-4/h8-9H,6-7H2,1-5H3,(H,17,20)(H2,16,18,24)/p+1. The highest BCUT2D eigenvalue weighted by atomic mass is 32.1. The van der Waals surface area contributed by atoms with Gasteiger partial charge in [-0.25, -0.2) is 0 Å². The fourth-order valence-electron chi connectivity index (χ4n) is 1.87. The maximum Gasteiger partial charge on any atom is 0.269 e. The van der Waals surface area contributed by atoms with Gasteiger partial charge in [-0.05, 0) is 24.4 Å². The van der Waals surface area contributed by atoms with Gasteiger partial charge < -0.3 is 24.4 Å². The molecule has 0 unspecified atom stereocenters. The third-order valence-electron chi connectivity index (χ3n) is 3.13. The molecular weight excluding hydrogens is 332 g/mol. The van der Waals surface area contributed by atoms with Crippen molar-refractivity contribution in [1.29, 1.82) is 0 Å². The minimum absolute atomic E-state index is 0.344. The molecule has 0 bridgehead atoms. The molecule has 0 aliphatic heterocycles. The van der Waals surface area contributed by atoms with Crippen molar-refractivity contribution in [1.82, 2.24) is 16.2 Å². The minimum atomic E-state index is -0.378.